The lowest BCUT2D eigenvalue weighted by atomic mass is 9.47. The van der Waals surface area contributed by atoms with Crippen molar-refractivity contribution in [1.82, 2.24) is 20.4 Å². The summed E-state index contributed by atoms with van der Waals surface area (Å²) >= 11 is 0. The second-order valence-electron chi connectivity index (χ2n) is 10.6. The van der Waals surface area contributed by atoms with Crippen molar-refractivity contribution >= 4 is 24.1 Å². The number of halogens is 3. The lowest BCUT2D eigenvalue weighted by molar-refractivity contribution is -0.145. The molecule has 0 aromatic carbocycles. The van der Waals surface area contributed by atoms with Crippen LogP contribution in [0.1, 0.15) is 62.0 Å². The third-order valence-electron chi connectivity index (χ3n) is 7.64. The molecule has 3 amide bonds. The molecule has 1 heterocycles. The number of nitrogens with zero attached hydrogens (tertiary/aromatic N) is 2. The minimum Gasteiger partial charge on any atom is -0.453 e. The number of rotatable bonds is 6. The zero-order valence-electron chi connectivity index (χ0n) is 19.8. The monoisotopic (exact) mass is 497 g/mol. The summed E-state index contributed by atoms with van der Waals surface area (Å²) in [7, 11) is 1.17. The van der Waals surface area contributed by atoms with Gasteiger partial charge in [0, 0.05) is 17.7 Å². The van der Waals surface area contributed by atoms with Crippen LogP contribution in [0.3, 0.4) is 0 Å². The van der Waals surface area contributed by atoms with Crippen molar-refractivity contribution in [3.05, 3.63) is 23.5 Å². The zero-order valence-corrected chi connectivity index (χ0v) is 19.8. The number of nitrogens with one attached hydrogen (secondary N) is 2. The molecule has 0 spiro atoms. The largest absolute Gasteiger partial charge is 0.453 e. The third-order valence-corrected chi connectivity index (χ3v) is 7.64. The molecule has 192 valence electrons. The smallest absolute Gasteiger partial charge is 0.434 e. The first kappa shape index (κ1) is 25.1. The number of amides is 3. The van der Waals surface area contributed by atoms with E-state index >= 15 is 0 Å². The molecule has 1 aromatic rings. The highest BCUT2D eigenvalue weighted by Crippen LogP contribution is 2.60. The Bertz CT molecular complexity index is 1050. The number of alkyl carbamates (subject to hydrolysis) is 1. The van der Waals surface area contributed by atoms with E-state index in [1.165, 1.54) is 13.2 Å². The molecule has 12 heteroatoms. The minimum atomic E-state index is -4.85. The molecule has 2 atom stereocenters. The van der Waals surface area contributed by atoms with E-state index in [9.17, 15) is 27.6 Å². The maximum Gasteiger partial charge on any atom is 0.434 e. The average Bonchev–Trinajstić information content (AvgIpc) is 3.19. The molecule has 0 radical (unpaired) electrons. The number of carbonyl (C=O) groups excluding carboxylic acids is 3. The SMILES string of the molecule is COC(=O)NC(C)(C)/C=C/n1ncc(C(=O)NC2C3CC4CC2CC(C(N)=O)(C4)C3)c1C(F)(F)F. The van der Waals surface area contributed by atoms with E-state index in [1.54, 1.807) is 13.8 Å². The number of primary amides is 1. The molecule has 5 rings (SSSR count). The maximum absolute atomic E-state index is 14.0. The van der Waals surface area contributed by atoms with E-state index in [0.29, 0.717) is 23.4 Å². The molecular formula is C23H30F3N5O4. The Balaban J connectivity index is 1.55. The number of aromatic nitrogens is 2. The Morgan fingerprint density at radius 2 is 1.83 bits per heavy atom. The Labute approximate surface area is 200 Å². The molecule has 4 N–H and O–H groups in total. The van der Waals surface area contributed by atoms with E-state index in [1.807, 2.05) is 0 Å². The Morgan fingerprint density at radius 1 is 1.20 bits per heavy atom. The number of carbonyl (C=O) groups is 3. The van der Waals surface area contributed by atoms with Crippen LogP contribution >= 0.6 is 0 Å². The molecule has 35 heavy (non-hydrogen) atoms. The fourth-order valence-corrected chi connectivity index (χ4v) is 6.33. The predicted molar refractivity (Wildman–Crippen MR) is 119 cm³/mol. The molecular weight excluding hydrogens is 467 g/mol. The van der Waals surface area contributed by atoms with Crippen molar-refractivity contribution in [2.45, 2.75) is 63.7 Å². The summed E-state index contributed by atoms with van der Waals surface area (Å²) in [6.07, 6.45) is 1.17. The van der Waals surface area contributed by atoms with Gasteiger partial charge in [-0.1, -0.05) is 0 Å². The first-order valence-electron chi connectivity index (χ1n) is 11.6. The summed E-state index contributed by atoms with van der Waals surface area (Å²) in [5.74, 6) is -0.804. The first-order valence-corrected chi connectivity index (χ1v) is 11.6. The number of methoxy groups -OCH3 is 1. The number of hydrogen-bond donors (Lipinski definition) is 3. The Hall–Kier alpha value is -3.05. The average molecular weight is 498 g/mol. The van der Waals surface area contributed by atoms with Gasteiger partial charge in [-0.3, -0.25) is 9.59 Å². The first-order chi connectivity index (χ1) is 16.2. The summed E-state index contributed by atoms with van der Waals surface area (Å²) in [5.41, 5.74) is 2.30. The van der Waals surface area contributed by atoms with Crippen molar-refractivity contribution < 1.29 is 32.3 Å². The van der Waals surface area contributed by atoms with Crippen LogP contribution in [0.2, 0.25) is 0 Å². The fraction of sp³-hybridized carbons (Fsp3) is 0.652. The number of ether oxygens (including phenoxy) is 1. The molecule has 4 fully saturated rings. The van der Waals surface area contributed by atoms with Crippen molar-refractivity contribution in [3.63, 3.8) is 0 Å². The summed E-state index contributed by atoms with van der Waals surface area (Å²) in [6, 6.07) is -0.310. The van der Waals surface area contributed by atoms with E-state index in [-0.39, 0.29) is 23.8 Å². The second-order valence-corrected chi connectivity index (χ2v) is 10.6. The molecule has 4 bridgehead atoms. The van der Waals surface area contributed by atoms with Gasteiger partial charge in [-0.25, -0.2) is 9.48 Å². The lowest BCUT2D eigenvalue weighted by Gasteiger charge is -2.58. The van der Waals surface area contributed by atoms with Crippen LogP contribution in [-0.4, -0.2) is 46.4 Å². The molecule has 0 aliphatic heterocycles. The van der Waals surface area contributed by atoms with Crippen molar-refractivity contribution in [2.75, 3.05) is 7.11 Å². The van der Waals surface area contributed by atoms with Crippen LogP contribution in [0.4, 0.5) is 18.0 Å². The summed E-state index contributed by atoms with van der Waals surface area (Å²) in [6.45, 7) is 3.13. The van der Waals surface area contributed by atoms with Crippen molar-refractivity contribution in [1.29, 1.82) is 0 Å². The van der Waals surface area contributed by atoms with Crippen LogP contribution in [0.25, 0.3) is 6.20 Å². The topological polar surface area (TPSA) is 128 Å². The van der Waals surface area contributed by atoms with Gasteiger partial charge in [-0.2, -0.15) is 18.3 Å². The predicted octanol–water partition coefficient (Wildman–Crippen LogP) is 2.92. The van der Waals surface area contributed by atoms with E-state index < -0.39 is 40.4 Å². The molecule has 4 saturated carbocycles. The maximum atomic E-state index is 14.0. The highest BCUT2D eigenvalue weighted by molar-refractivity contribution is 5.95. The van der Waals surface area contributed by atoms with E-state index in [2.05, 4.69) is 20.5 Å². The molecule has 1 aromatic heterocycles. The fourth-order valence-electron chi connectivity index (χ4n) is 6.33. The van der Waals surface area contributed by atoms with E-state index in [0.717, 1.165) is 31.7 Å². The van der Waals surface area contributed by atoms with Gasteiger partial charge in [-0.05, 0) is 69.8 Å². The van der Waals surface area contributed by atoms with E-state index in [4.69, 9.17) is 5.73 Å². The standard InChI is InChI=1S/C23H30F3N5O4/c1-21(2,30-20(34)35-3)4-5-31-17(23(24,25)26)15(11-28-31)18(32)29-16-13-6-12-7-14(16)10-22(8-12,9-13)19(27)33/h4-5,11-14,16H,6-10H2,1-3H3,(H2,27,33)(H,29,32)(H,30,34)/b5-4+. The van der Waals surface area contributed by atoms with Gasteiger partial charge in [0.15, 0.2) is 5.69 Å². The zero-order chi connectivity index (χ0) is 25.8. The van der Waals surface area contributed by atoms with Crippen LogP contribution in [-0.2, 0) is 15.7 Å². The Kier molecular flexibility index (Phi) is 6.13. The van der Waals surface area contributed by atoms with Crippen molar-refractivity contribution in [2.24, 2.45) is 28.9 Å². The van der Waals surface area contributed by atoms with Gasteiger partial charge in [0.05, 0.1) is 24.4 Å². The second kappa shape index (κ2) is 8.56. The highest BCUT2D eigenvalue weighted by Gasteiger charge is 2.58. The van der Waals surface area contributed by atoms with Crippen LogP contribution < -0.4 is 16.4 Å². The Morgan fingerprint density at radius 3 is 2.37 bits per heavy atom. The van der Waals surface area contributed by atoms with Gasteiger partial charge in [0.25, 0.3) is 5.91 Å². The van der Waals surface area contributed by atoms with Crippen LogP contribution in [0.15, 0.2) is 12.3 Å². The molecule has 2 unspecified atom stereocenters. The minimum absolute atomic E-state index is 0.00664. The van der Waals surface area contributed by atoms with Crippen LogP contribution in [0, 0.1) is 23.2 Å². The highest BCUT2D eigenvalue weighted by atomic mass is 19.4. The summed E-state index contributed by atoms with van der Waals surface area (Å²) in [4.78, 5) is 36.7. The lowest BCUT2D eigenvalue weighted by Crippen LogP contribution is -2.62. The number of hydrogen-bond acceptors (Lipinski definition) is 5. The van der Waals surface area contributed by atoms with Gasteiger partial charge < -0.3 is 21.1 Å². The van der Waals surface area contributed by atoms with Gasteiger partial charge in [0.1, 0.15) is 0 Å². The van der Waals surface area contributed by atoms with Gasteiger partial charge in [0.2, 0.25) is 5.91 Å². The number of alkyl halides is 3. The summed E-state index contributed by atoms with van der Waals surface area (Å²) in [5, 5.41) is 9.07. The third kappa shape index (κ3) is 4.74. The van der Waals surface area contributed by atoms with Crippen LogP contribution in [0.5, 0.6) is 0 Å². The molecule has 0 saturated heterocycles. The van der Waals surface area contributed by atoms with Gasteiger partial charge >= 0.3 is 12.3 Å². The summed E-state index contributed by atoms with van der Waals surface area (Å²) < 4.78 is 47.0. The number of nitrogens with two attached hydrogens (primary N) is 1. The van der Waals surface area contributed by atoms with Gasteiger partial charge in [-0.15, -0.1) is 0 Å². The normalized spacial score (nSPS) is 29.9. The molecule has 4 aliphatic rings. The molecule has 9 nitrogen and oxygen atoms in total. The van der Waals surface area contributed by atoms with Crippen molar-refractivity contribution in [3.8, 4) is 0 Å². The quantitative estimate of drug-likeness (QED) is 0.557. The molecule has 4 aliphatic carbocycles.